The molecule has 2 aromatic rings. The predicted molar refractivity (Wildman–Crippen MR) is 85.1 cm³/mol. The molecule has 0 radical (unpaired) electrons. The average molecular weight is 387 g/mol. The van der Waals surface area contributed by atoms with Crippen LogP contribution in [-0.4, -0.2) is 9.78 Å². The van der Waals surface area contributed by atoms with E-state index in [1.54, 1.807) is 0 Å². The van der Waals surface area contributed by atoms with Crippen molar-refractivity contribution in [2.45, 2.75) is 32.9 Å². The van der Waals surface area contributed by atoms with Gasteiger partial charge in [-0.1, -0.05) is 28.1 Å². The number of nitrogens with two attached hydrogens (primary N) is 1. The van der Waals surface area contributed by atoms with E-state index in [1.165, 1.54) is 0 Å². The van der Waals surface area contributed by atoms with E-state index in [9.17, 15) is 0 Å². The SMILES string of the molecule is CCn1nc(C)c(Br)c1CC(N)c1ccc(Br)cc1. The van der Waals surface area contributed by atoms with Gasteiger partial charge in [-0.2, -0.15) is 5.10 Å². The molecule has 0 aliphatic heterocycles. The number of nitrogens with zero attached hydrogens (tertiary/aromatic N) is 2. The Kier molecular flexibility index (Phi) is 4.81. The fourth-order valence-electron chi connectivity index (χ4n) is 2.10. The molecule has 0 amide bonds. The van der Waals surface area contributed by atoms with Crippen LogP contribution in [0.15, 0.2) is 33.2 Å². The van der Waals surface area contributed by atoms with Crippen molar-refractivity contribution in [2.24, 2.45) is 5.73 Å². The molecule has 0 saturated heterocycles. The highest BCUT2D eigenvalue weighted by molar-refractivity contribution is 9.10. The van der Waals surface area contributed by atoms with Gasteiger partial charge < -0.3 is 5.73 Å². The van der Waals surface area contributed by atoms with Crippen molar-refractivity contribution in [3.8, 4) is 0 Å². The highest BCUT2D eigenvalue weighted by Gasteiger charge is 2.16. The normalized spacial score (nSPS) is 12.7. The molecular weight excluding hydrogens is 370 g/mol. The molecular formula is C14H17Br2N3. The lowest BCUT2D eigenvalue weighted by molar-refractivity contribution is 0.586. The molecule has 0 saturated carbocycles. The monoisotopic (exact) mass is 385 g/mol. The molecule has 1 atom stereocenters. The third-order valence-corrected chi connectivity index (χ3v) is 4.72. The standard InChI is InChI=1S/C14H17Br2N3/c1-3-19-13(14(16)9(2)18-19)8-12(17)10-4-6-11(15)7-5-10/h4-7,12H,3,8,17H2,1-2H3. The zero-order valence-corrected chi connectivity index (χ0v) is 14.2. The van der Waals surface area contributed by atoms with E-state index in [-0.39, 0.29) is 6.04 Å². The summed E-state index contributed by atoms with van der Waals surface area (Å²) >= 11 is 7.04. The Morgan fingerprint density at radius 3 is 2.47 bits per heavy atom. The molecule has 0 fully saturated rings. The lowest BCUT2D eigenvalue weighted by Crippen LogP contribution is -2.16. The first-order valence-electron chi connectivity index (χ1n) is 6.25. The van der Waals surface area contributed by atoms with Crippen LogP contribution in [0.2, 0.25) is 0 Å². The molecule has 19 heavy (non-hydrogen) atoms. The summed E-state index contributed by atoms with van der Waals surface area (Å²) in [6.45, 7) is 4.95. The average Bonchev–Trinajstić information content (AvgIpc) is 2.67. The van der Waals surface area contributed by atoms with Crippen LogP contribution in [0.25, 0.3) is 0 Å². The molecule has 1 aromatic carbocycles. The van der Waals surface area contributed by atoms with Crippen molar-refractivity contribution >= 4 is 31.9 Å². The van der Waals surface area contributed by atoms with E-state index in [0.717, 1.165) is 38.9 Å². The maximum Gasteiger partial charge on any atom is 0.0738 e. The topological polar surface area (TPSA) is 43.8 Å². The number of hydrogen-bond acceptors (Lipinski definition) is 2. The number of halogens is 2. The first-order chi connectivity index (χ1) is 9.02. The molecule has 2 rings (SSSR count). The van der Waals surface area contributed by atoms with E-state index in [1.807, 2.05) is 23.7 Å². The number of aryl methyl sites for hydroxylation is 2. The molecule has 0 aliphatic carbocycles. The molecule has 1 unspecified atom stereocenters. The number of benzene rings is 1. The summed E-state index contributed by atoms with van der Waals surface area (Å²) in [5, 5.41) is 4.50. The van der Waals surface area contributed by atoms with Gasteiger partial charge >= 0.3 is 0 Å². The van der Waals surface area contributed by atoms with Crippen LogP contribution < -0.4 is 5.73 Å². The minimum absolute atomic E-state index is 0.0224. The van der Waals surface area contributed by atoms with Crippen LogP contribution in [0.3, 0.4) is 0 Å². The first kappa shape index (κ1) is 14.8. The van der Waals surface area contributed by atoms with E-state index in [0.29, 0.717) is 0 Å². The summed E-state index contributed by atoms with van der Waals surface area (Å²) in [5.74, 6) is 0. The minimum atomic E-state index is -0.0224. The molecule has 0 bridgehead atoms. The number of hydrogen-bond donors (Lipinski definition) is 1. The molecule has 5 heteroatoms. The van der Waals surface area contributed by atoms with Gasteiger partial charge in [-0.05, 0) is 47.5 Å². The van der Waals surface area contributed by atoms with Gasteiger partial charge in [-0.25, -0.2) is 0 Å². The van der Waals surface area contributed by atoms with Crippen LogP contribution in [0.4, 0.5) is 0 Å². The highest BCUT2D eigenvalue weighted by Crippen LogP contribution is 2.26. The molecule has 2 N–H and O–H groups in total. The lowest BCUT2D eigenvalue weighted by atomic mass is 10.0. The third kappa shape index (κ3) is 3.27. The Bertz CT molecular complexity index is 561. The van der Waals surface area contributed by atoms with Crippen molar-refractivity contribution in [3.63, 3.8) is 0 Å². The van der Waals surface area contributed by atoms with Crippen LogP contribution >= 0.6 is 31.9 Å². The largest absolute Gasteiger partial charge is 0.324 e. The summed E-state index contributed by atoms with van der Waals surface area (Å²) in [5.41, 5.74) is 9.61. The molecule has 0 spiro atoms. The van der Waals surface area contributed by atoms with E-state index >= 15 is 0 Å². The van der Waals surface area contributed by atoms with Gasteiger partial charge in [0, 0.05) is 23.5 Å². The first-order valence-corrected chi connectivity index (χ1v) is 7.84. The fraction of sp³-hybridized carbons (Fsp3) is 0.357. The number of aromatic nitrogens is 2. The van der Waals surface area contributed by atoms with Gasteiger partial charge in [0.2, 0.25) is 0 Å². The van der Waals surface area contributed by atoms with Crippen molar-refractivity contribution in [3.05, 3.63) is 50.2 Å². The Balaban J connectivity index is 2.23. The van der Waals surface area contributed by atoms with Gasteiger partial charge in [-0.3, -0.25) is 4.68 Å². The van der Waals surface area contributed by atoms with Crippen LogP contribution in [0, 0.1) is 6.92 Å². The molecule has 1 heterocycles. The van der Waals surface area contributed by atoms with Crippen molar-refractivity contribution in [1.82, 2.24) is 9.78 Å². The molecule has 3 nitrogen and oxygen atoms in total. The summed E-state index contributed by atoms with van der Waals surface area (Å²) in [7, 11) is 0. The van der Waals surface area contributed by atoms with Gasteiger partial charge in [-0.15, -0.1) is 0 Å². The Labute approximate surface area is 130 Å². The van der Waals surface area contributed by atoms with Crippen LogP contribution in [0.5, 0.6) is 0 Å². The fourth-order valence-corrected chi connectivity index (χ4v) is 2.81. The third-order valence-electron chi connectivity index (χ3n) is 3.16. The Hall–Kier alpha value is -0.650. The van der Waals surface area contributed by atoms with Gasteiger partial charge in [0.05, 0.1) is 15.9 Å². The second kappa shape index (κ2) is 6.20. The van der Waals surface area contributed by atoms with Crippen molar-refractivity contribution in [2.75, 3.05) is 0 Å². The minimum Gasteiger partial charge on any atom is -0.324 e. The lowest BCUT2D eigenvalue weighted by Gasteiger charge is -2.13. The molecule has 1 aromatic heterocycles. The van der Waals surface area contributed by atoms with Gasteiger partial charge in [0.1, 0.15) is 0 Å². The summed E-state index contributed by atoms with van der Waals surface area (Å²) < 4.78 is 4.15. The smallest absolute Gasteiger partial charge is 0.0738 e. The van der Waals surface area contributed by atoms with E-state index in [4.69, 9.17) is 5.73 Å². The second-order valence-corrected chi connectivity index (χ2v) is 6.23. The van der Waals surface area contributed by atoms with E-state index < -0.39 is 0 Å². The summed E-state index contributed by atoms with van der Waals surface area (Å²) in [6.07, 6.45) is 0.775. The summed E-state index contributed by atoms with van der Waals surface area (Å²) in [6, 6.07) is 8.13. The maximum absolute atomic E-state index is 6.30. The van der Waals surface area contributed by atoms with Crippen LogP contribution in [-0.2, 0) is 13.0 Å². The van der Waals surface area contributed by atoms with Crippen molar-refractivity contribution < 1.29 is 0 Å². The maximum atomic E-state index is 6.30. The molecule has 102 valence electrons. The summed E-state index contributed by atoms with van der Waals surface area (Å²) in [4.78, 5) is 0. The second-order valence-electron chi connectivity index (χ2n) is 4.52. The van der Waals surface area contributed by atoms with Crippen molar-refractivity contribution in [1.29, 1.82) is 0 Å². The van der Waals surface area contributed by atoms with E-state index in [2.05, 4.69) is 56.0 Å². The highest BCUT2D eigenvalue weighted by atomic mass is 79.9. The Morgan fingerprint density at radius 1 is 1.26 bits per heavy atom. The molecule has 0 aliphatic rings. The zero-order valence-electron chi connectivity index (χ0n) is 11.0. The Morgan fingerprint density at radius 2 is 1.89 bits per heavy atom. The number of rotatable bonds is 4. The van der Waals surface area contributed by atoms with Gasteiger partial charge in [0.15, 0.2) is 0 Å². The van der Waals surface area contributed by atoms with Gasteiger partial charge in [0.25, 0.3) is 0 Å². The predicted octanol–water partition coefficient (Wildman–Crippen LogP) is 3.98. The zero-order chi connectivity index (χ0) is 14.0. The van der Waals surface area contributed by atoms with Crippen LogP contribution in [0.1, 0.15) is 29.9 Å². The quantitative estimate of drug-likeness (QED) is 0.863.